The van der Waals surface area contributed by atoms with Crippen LogP contribution < -0.4 is 22.0 Å². The van der Waals surface area contributed by atoms with E-state index in [0.29, 0.717) is 29.9 Å². The van der Waals surface area contributed by atoms with Crippen molar-refractivity contribution in [1.29, 1.82) is 0 Å². The highest BCUT2D eigenvalue weighted by molar-refractivity contribution is 6.32. The Morgan fingerprint density at radius 3 is 2.61 bits per heavy atom. The van der Waals surface area contributed by atoms with Crippen LogP contribution in [0.25, 0.3) is 5.70 Å². The molecule has 31 heavy (non-hydrogen) atoms. The quantitative estimate of drug-likeness (QED) is 0.194. The van der Waals surface area contributed by atoms with E-state index in [4.69, 9.17) is 19.4 Å². The molecule has 0 spiro atoms. The Labute approximate surface area is 184 Å². The zero-order valence-corrected chi connectivity index (χ0v) is 17.7. The molecule has 162 valence electrons. The lowest BCUT2D eigenvalue weighted by atomic mass is 9.93. The van der Waals surface area contributed by atoms with E-state index in [-0.39, 0.29) is 12.4 Å². The molecule has 3 rings (SSSR count). The molecule has 0 amide bonds. The van der Waals surface area contributed by atoms with Gasteiger partial charge in [-0.15, -0.1) is 0 Å². The molecule has 0 saturated carbocycles. The van der Waals surface area contributed by atoms with E-state index in [9.17, 15) is 15.3 Å². The van der Waals surface area contributed by atoms with E-state index >= 15 is 0 Å². The molecule has 0 unspecified atom stereocenters. The van der Waals surface area contributed by atoms with Crippen LogP contribution in [0.4, 0.5) is 5.69 Å². The van der Waals surface area contributed by atoms with Gasteiger partial charge in [-0.1, -0.05) is 41.9 Å². The van der Waals surface area contributed by atoms with Crippen LogP contribution in [0.3, 0.4) is 0 Å². The van der Waals surface area contributed by atoms with E-state index in [2.05, 4.69) is 4.90 Å². The van der Waals surface area contributed by atoms with Crippen LogP contribution >= 0.6 is 0 Å². The zero-order chi connectivity index (χ0) is 22.6. The molecule has 2 radical (unpaired) electrons. The summed E-state index contributed by atoms with van der Waals surface area (Å²) >= 11 is 0. The molecule has 1 aliphatic rings. The minimum atomic E-state index is -1.23. The maximum absolute atomic E-state index is 10.5. The van der Waals surface area contributed by atoms with Gasteiger partial charge in [0.1, 0.15) is 19.2 Å². The fraction of sp³-hybridized carbons (Fsp3) is 0.304. The van der Waals surface area contributed by atoms with Crippen molar-refractivity contribution in [3.05, 3.63) is 71.4 Å². The van der Waals surface area contributed by atoms with Crippen molar-refractivity contribution < 1.29 is 15.3 Å². The maximum atomic E-state index is 10.5. The van der Waals surface area contributed by atoms with E-state index in [1.807, 2.05) is 30.3 Å². The number of hydrazine groups is 1. The summed E-state index contributed by atoms with van der Waals surface area (Å²) in [6.07, 6.45) is 4.33. The Bertz CT molecular complexity index is 973. The Hall–Kier alpha value is -2.78. The number of phenolic OH excluding ortho intramolecular Hbond substituents is 1. The fourth-order valence-electron chi connectivity index (χ4n) is 3.49. The largest absolute Gasteiger partial charge is 0.508 e. The average molecular weight is 420 g/mol. The molecule has 7 N–H and O–H groups in total. The van der Waals surface area contributed by atoms with Crippen molar-refractivity contribution in [3.63, 3.8) is 0 Å². The van der Waals surface area contributed by atoms with Gasteiger partial charge < -0.3 is 21.1 Å². The van der Waals surface area contributed by atoms with Crippen molar-refractivity contribution >= 4 is 24.7 Å². The third-order valence-corrected chi connectivity index (χ3v) is 5.51. The molecule has 0 saturated heterocycles. The number of aliphatic hydroxyl groups excluding tert-OH is 1. The second kappa shape index (κ2) is 9.57. The first-order chi connectivity index (χ1) is 14.7. The molecule has 2 aromatic carbocycles. The number of hydrogen-bond acceptors (Lipinski definition) is 7. The highest BCUT2D eigenvalue weighted by Crippen LogP contribution is 2.28. The lowest BCUT2D eigenvalue weighted by Crippen LogP contribution is -2.40. The first-order valence-corrected chi connectivity index (χ1v) is 10.1. The summed E-state index contributed by atoms with van der Waals surface area (Å²) in [6, 6.07) is 12.4. The Morgan fingerprint density at radius 1 is 1.26 bits per heavy atom. The number of nitrogens with zero attached hydrogens (tertiary/aromatic N) is 2. The molecule has 1 atom stereocenters. The van der Waals surface area contributed by atoms with Gasteiger partial charge >= 0.3 is 0 Å². The minimum absolute atomic E-state index is 0.123. The number of aliphatic hydroxyl groups is 2. The van der Waals surface area contributed by atoms with Gasteiger partial charge in [0.15, 0.2) is 0 Å². The molecular weight excluding hydrogens is 391 g/mol. The third kappa shape index (κ3) is 5.68. The summed E-state index contributed by atoms with van der Waals surface area (Å²) in [7, 11) is 5.70. The Morgan fingerprint density at radius 2 is 1.97 bits per heavy atom. The van der Waals surface area contributed by atoms with Crippen molar-refractivity contribution in [3.8, 4) is 5.75 Å². The van der Waals surface area contributed by atoms with Crippen LogP contribution in [-0.2, 0) is 6.54 Å². The molecular formula is C23H29BN4O3. The molecule has 1 aliphatic heterocycles. The van der Waals surface area contributed by atoms with Gasteiger partial charge in [-0.2, -0.15) is 0 Å². The van der Waals surface area contributed by atoms with Crippen LogP contribution in [0.15, 0.2) is 60.3 Å². The Balaban J connectivity index is 1.69. The number of rotatable bonds is 7. The van der Waals surface area contributed by atoms with Crippen molar-refractivity contribution in [1.82, 2.24) is 4.90 Å². The average Bonchev–Trinajstić information content (AvgIpc) is 2.75. The second-order valence-corrected chi connectivity index (χ2v) is 8.09. The summed E-state index contributed by atoms with van der Waals surface area (Å²) in [5.74, 6) is 6.24. The lowest BCUT2D eigenvalue weighted by molar-refractivity contribution is 0.0247. The van der Waals surface area contributed by atoms with E-state index in [0.717, 1.165) is 29.7 Å². The van der Waals surface area contributed by atoms with Gasteiger partial charge in [0.25, 0.3) is 0 Å². The minimum Gasteiger partial charge on any atom is -0.508 e. The molecule has 0 aromatic heterocycles. The molecule has 0 bridgehead atoms. The smallest absolute Gasteiger partial charge is 0.122 e. The maximum Gasteiger partial charge on any atom is 0.122 e. The Kier molecular flexibility index (Phi) is 7.07. The SMILES string of the molecule is [B]c1ccc(/C(N)=C/N(N)c2ccc(CN3CCC=C([C@](C)(O)CO)C3)c(O)c2)cc1. The molecule has 8 heteroatoms. The fourth-order valence-corrected chi connectivity index (χ4v) is 3.49. The highest BCUT2D eigenvalue weighted by atomic mass is 16.3. The molecule has 7 nitrogen and oxygen atoms in total. The van der Waals surface area contributed by atoms with Gasteiger partial charge in [-0.25, -0.2) is 5.84 Å². The summed E-state index contributed by atoms with van der Waals surface area (Å²) in [6.45, 7) is 3.12. The van der Waals surface area contributed by atoms with Crippen LogP contribution in [0, 0.1) is 0 Å². The molecule has 2 aromatic rings. The molecule has 1 heterocycles. The number of phenols is 1. The summed E-state index contributed by atoms with van der Waals surface area (Å²) in [5.41, 5.74) is 8.91. The summed E-state index contributed by atoms with van der Waals surface area (Å²) < 4.78 is 0. The van der Waals surface area contributed by atoms with E-state index in [1.165, 1.54) is 5.01 Å². The van der Waals surface area contributed by atoms with Gasteiger partial charge in [0.2, 0.25) is 0 Å². The first kappa shape index (κ1) is 22.9. The molecule has 0 aliphatic carbocycles. The van der Waals surface area contributed by atoms with Crippen molar-refractivity contribution in [2.45, 2.75) is 25.5 Å². The van der Waals surface area contributed by atoms with Crippen LogP contribution in [0.5, 0.6) is 5.75 Å². The number of benzene rings is 2. The highest BCUT2D eigenvalue weighted by Gasteiger charge is 2.28. The zero-order valence-electron chi connectivity index (χ0n) is 17.7. The number of aromatic hydroxyl groups is 1. The predicted octanol–water partition coefficient (Wildman–Crippen LogP) is 0.699. The van der Waals surface area contributed by atoms with Crippen molar-refractivity contribution in [2.24, 2.45) is 11.6 Å². The van der Waals surface area contributed by atoms with Gasteiger partial charge in [0.05, 0.1) is 18.0 Å². The molecule has 0 fully saturated rings. The van der Waals surface area contributed by atoms with Gasteiger partial charge in [0, 0.05) is 37.5 Å². The van der Waals surface area contributed by atoms with E-state index < -0.39 is 5.60 Å². The van der Waals surface area contributed by atoms with Crippen LogP contribution in [0.2, 0.25) is 0 Å². The summed E-state index contributed by atoms with van der Waals surface area (Å²) in [4.78, 5) is 2.12. The van der Waals surface area contributed by atoms with Crippen LogP contribution in [0.1, 0.15) is 24.5 Å². The number of hydrogen-bond donors (Lipinski definition) is 5. The normalized spacial score (nSPS) is 17.2. The van der Waals surface area contributed by atoms with E-state index in [1.54, 1.807) is 31.3 Å². The third-order valence-electron chi connectivity index (χ3n) is 5.51. The van der Waals surface area contributed by atoms with Gasteiger partial charge in [-0.05, 0) is 30.5 Å². The number of anilines is 1. The topological polar surface area (TPSA) is 119 Å². The predicted molar refractivity (Wildman–Crippen MR) is 124 cm³/mol. The monoisotopic (exact) mass is 420 g/mol. The number of nitrogens with two attached hydrogens (primary N) is 2. The van der Waals surface area contributed by atoms with Gasteiger partial charge in [-0.3, -0.25) is 9.91 Å². The summed E-state index contributed by atoms with van der Waals surface area (Å²) in [5, 5.41) is 31.6. The van der Waals surface area contributed by atoms with Crippen molar-refractivity contribution in [2.75, 3.05) is 24.7 Å². The second-order valence-electron chi connectivity index (χ2n) is 8.09. The standard InChI is InChI=1S/C23H29BN4O3/c1-23(31,15-29)18-3-2-10-27(13-18)12-17-6-9-20(11-22(17)30)28(26)14-21(25)16-4-7-19(24)8-5-16/h3-9,11,14,29-31H,2,10,12-13,15,25-26H2,1H3/b21-14-/t23-/m1/s1. The lowest BCUT2D eigenvalue weighted by Gasteiger charge is -2.33. The van der Waals surface area contributed by atoms with Crippen LogP contribution in [-0.4, -0.2) is 53.4 Å². The first-order valence-electron chi connectivity index (χ1n) is 10.1.